The van der Waals surface area contributed by atoms with Crippen molar-refractivity contribution in [3.8, 4) is 10.4 Å². The summed E-state index contributed by atoms with van der Waals surface area (Å²) in [5.41, 5.74) is 1.60. The van der Waals surface area contributed by atoms with E-state index in [4.69, 9.17) is 21.7 Å². The Balaban J connectivity index is 1.91. The number of thiophene rings is 1. The standard InChI is InChI=1S/C19H19FN2O3S2/c1-11-16(18(23)25-10-9-24-2)17(22-19(26)21-11)15-8-7-14(27-15)12-5-3-4-6-13(12)20/h3-8,17H,9-10H2,1-2H3,(H2,21,22,26)/t17-/m1/s1. The van der Waals surface area contributed by atoms with E-state index in [1.165, 1.54) is 17.4 Å². The third-order valence-electron chi connectivity index (χ3n) is 4.06. The van der Waals surface area contributed by atoms with Gasteiger partial charge in [-0.2, -0.15) is 0 Å². The molecule has 1 aromatic heterocycles. The van der Waals surface area contributed by atoms with E-state index < -0.39 is 12.0 Å². The third kappa shape index (κ3) is 4.35. The molecule has 0 bridgehead atoms. The van der Waals surface area contributed by atoms with Crippen LogP contribution in [0.4, 0.5) is 4.39 Å². The smallest absolute Gasteiger partial charge is 0.338 e. The lowest BCUT2D eigenvalue weighted by atomic mass is 10.0. The van der Waals surface area contributed by atoms with Crippen molar-refractivity contribution >= 4 is 34.6 Å². The summed E-state index contributed by atoms with van der Waals surface area (Å²) in [6.07, 6.45) is 0. The maximum atomic E-state index is 14.1. The Morgan fingerprint density at radius 2 is 2.04 bits per heavy atom. The number of benzene rings is 1. The van der Waals surface area contributed by atoms with E-state index in [1.807, 2.05) is 12.1 Å². The van der Waals surface area contributed by atoms with Gasteiger partial charge in [0, 0.05) is 28.1 Å². The minimum absolute atomic E-state index is 0.161. The number of hydrogen-bond donors (Lipinski definition) is 2. The SMILES string of the molecule is COCCOC(=O)C1=C(C)NC(=S)N[C@@H]1c1ccc(-c2ccccc2F)s1. The first kappa shape index (κ1) is 19.5. The lowest BCUT2D eigenvalue weighted by Gasteiger charge is -2.28. The van der Waals surface area contributed by atoms with Crippen LogP contribution in [-0.2, 0) is 14.3 Å². The highest BCUT2D eigenvalue weighted by molar-refractivity contribution is 7.80. The van der Waals surface area contributed by atoms with Crippen LogP contribution in [0.25, 0.3) is 10.4 Å². The Hall–Kier alpha value is -2.29. The topological polar surface area (TPSA) is 59.6 Å². The van der Waals surface area contributed by atoms with E-state index in [2.05, 4.69) is 10.6 Å². The van der Waals surface area contributed by atoms with Gasteiger partial charge in [-0.1, -0.05) is 18.2 Å². The van der Waals surface area contributed by atoms with Crippen molar-refractivity contribution in [2.45, 2.75) is 13.0 Å². The van der Waals surface area contributed by atoms with E-state index in [9.17, 15) is 9.18 Å². The predicted molar refractivity (Wildman–Crippen MR) is 107 cm³/mol. The Morgan fingerprint density at radius 1 is 1.26 bits per heavy atom. The van der Waals surface area contributed by atoms with E-state index in [1.54, 1.807) is 32.2 Å². The number of halogens is 1. The molecule has 1 aromatic carbocycles. The maximum Gasteiger partial charge on any atom is 0.338 e. The fourth-order valence-corrected chi connectivity index (χ4v) is 4.15. The molecule has 0 amide bonds. The van der Waals surface area contributed by atoms with Crippen molar-refractivity contribution in [3.05, 3.63) is 58.4 Å². The number of hydrogen-bond acceptors (Lipinski definition) is 5. The molecule has 0 radical (unpaired) electrons. The van der Waals surface area contributed by atoms with Crippen molar-refractivity contribution in [2.75, 3.05) is 20.3 Å². The summed E-state index contributed by atoms with van der Waals surface area (Å²) in [6, 6.07) is 9.85. The minimum Gasteiger partial charge on any atom is -0.460 e. The van der Waals surface area contributed by atoms with Gasteiger partial charge in [-0.15, -0.1) is 11.3 Å². The van der Waals surface area contributed by atoms with Gasteiger partial charge in [-0.05, 0) is 37.3 Å². The first-order valence-corrected chi connectivity index (χ1v) is 9.52. The molecule has 2 aromatic rings. The molecule has 3 rings (SSSR count). The number of carbonyl (C=O) groups excluding carboxylic acids is 1. The lowest BCUT2D eigenvalue weighted by Crippen LogP contribution is -2.45. The molecule has 0 aliphatic carbocycles. The molecule has 0 fully saturated rings. The van der Waals surface area contributed by atoms with Crippen LogP contribution >= 0.6 is 23.6 Å². The molecule has 2 heterocycles. The molecule has 2 N–H and O–H groups in total. The van der Waals surface area contributed by atoms with Gasteiger partial charge in [0.2, 0.25) is 0 Å². The highest BCUT2D eigenvalue weighted by Gasteiger charge is 2.32. The molecular weight excluding hydrogens is 387 g/mol. The van der Waals surface area contributed by atoms with Crippen molar-refractivity contribution in [1.82, 2.24) is 10.6 Å². The van der Waals surface area contributed by atoms with Gasteiger partial charge in [0.25, 0.3) is 0 Å². The van der Waals surface area contributed by atoms with Gasteiger partial charge in [0.15, 0.2) is 5.11 Å². The van der Waals surface area contributed by atoms with Crippen LogP contribution in [0, 0.1) is 5.82 Å². The molecule has 0 saturated heterocycles. The number of methoxy groups -OCH3 is 1. The third-order valence-corrected chi connectivity index (χ3v) is 5.46. The van der Waals surface area contributed by atoms with E-state index in [0.717, 1.165) is 9.75 Å². The van der Waals surface area contributed by atoms with Crippen LogP contribution in [0.3, 0.4) is 0 Å². The first-order valence-electron chi connectivity index (χ1n) is 8.30. The monoisotopic (exact) mass is 406 g/mol. The molecule has 142 valence electrons. The summed E-state index contributed by atoms with van der Waals surface area (Å²) in [7, 11) is 1.54. The van der Waals surface area contributed by atoms with Crippen molar-refractivity contribution in [1.29, 1.82) is 0 Å². The summed E-state index contributed by atoms with van der Waals surface area (Å²) in [5.74, 6) is -0.733. The molecular formula is C19H19FN2O3S2. The summed E-state index contributed by atoms with van der Waals surface area (Å²) in [4.78, 5) is 14.2. The number of nitrogens with one attached hydrogen (secondary N) is 2. The molecule has 1 atom stereocenters. The van der Waals surface area contributed by atoms with E-state index in [-0.39, 0.29) is 12.4 Å². The van der Waals surface area contributed by atoms with Gasteiger partial charge >= 0.3 is 5.97 Å². The Morgan fingerprint density at radius 3 is 2.78 bits per heavy atom. The second-order valence-electron chi connectivity index (χ2n) is 5.88. The fourth-order valence-electron chi connectivity index (χ4n) is 2.79. The second-order valence-corrected chi connectivity index (χ2v) is 7.40. The van der Waals surface area contributed by atoms with Crippen LogP contribution < -0.4 is 10.6 Å². The van der Waals surface area contributed by atoms with Crippen molar-refractivity contribution in [3.63, 3.8) is 0 Å². The normalized spacial score (nSPS) is 16.7. The molecule has 1 aliphatic heterocycles. The summed E-state index contributed by atoms with van der Waals surface area (Å²) in [6.45, 7) is 2.26. The fraction of sp³-hybridized carbons (Fsp3) is 0.263. The Labute approximate surface area is 166 Å². The zero-order valence-corrected chi connectivity index (χ0v) is 16.5. The summed E-state index contributed by atoms with van der Waals surface area (Å²) < 4.78 is 24.3. The number of carbonyl (C=O) groups is 1. The highest BCUT2D eigenvalue weighted by Crippen LogP contribution is 2.37. The Bertz CT molecular complexity index is 895. The van der Waals surface area contributed by atoms with Crippen LogP contribution in [0.15, 0.2) is 47.7 Å². The van der Waals surface area contributed by atoms with Crippen LogP contribution in [0.1, 0.15) is 17.8 Å². The molecule has 0 unspecified atom stereocenters. The van der Waals surface area contributed by atoms with E-state index in [0.29, 0.717) is 28.6 Å². The average Bonchev–Trinajstić information content (AvgIpc) is 3.11. The number of allylic oxidation sites excluding steroid dienone is 1. The molecule has 27 heavy (non-hydrogen) atoms. The van der Waals surface area contributed by atoms with Crippen LogP contribution in [0.2, 0.25) is 0 Å². The minimum atomic E-state index is -0.459. The molecule has 5 nitrogen and oxygen atoms in total. The maximum absolute atomic E-state index is 14.1. The molecule has 0 saturated carbocycles. The number of ether oxygens (including phenoxy) is 2. The van der Waals surface area contributed by atoms with Gasteiger partial charge in [0.05, 0.1) is 18.2 Å². The zero-order chi connectivity index (χ0) is 19.4. The second kappa shape index (κ2) is 8.60. The summed E-state index contributed by atoms with van der Waals surface area (Å²) in [5, 5.41) is 6.49. The predicted octanol–water partition coefficient (Wildman–Crippen LogP) is 3.54. The average molecular weight is 407 g/mol. The molecule has 0 spiro atoms. The number of esters is 1. The number of rotatable bonds is 6. The lowest BCUT2D eigenvalue weighted by molar-refractivity contribution is -0.140. The van der Waals surface area contributed by atoms with Crippen LogP contribution in [-0.4, -0.2) is 31.4 Å². The van der Waals surface area contributed by atoms with Gasteiger partial charge in [-0.25, -0.2) is 9.18 Å². The van der Waals surface area contributed by atoms with Gasteiger partial charge < -0.3 is 20.1 Å². The highest BCUT2D eigenvalue weighted by atomic mass is 32.1. The number of thiocarbonyl (C=S) groups is 1. The first-order chi connectivity index (χ1) is 13.0. The quantitative estimate of drug-likeness (QED) is 0.435. The van der Waals surface area contributed by atoms with Crippen molar-refractivity contribution in [2.24, 2.45) is 0 Å². The van der Waals surface area contributed by atoms with E-state index >= 15 is 0 Å². The zero-order valence-electron chi connectivity index (χ0n) is 14.9. The summed E-state index contributed by atoms with van der Waals surface area (Å²) >= 11 is 6.65. The largest absolute Gasteiger partial charge is 0.460 e. The van der Waals surface area contributed by atoms with Gasteiger partial charge in [-0.3, -0.25) is 0 Å². The molecule has 1 aliphatic rings. The van der Waals surface area contributed by atoms with Crippen molar-refractivity contribution < 1.29 is 18.7 Å². The molecule has 8 heteroatoms. The van der Waals surface area contributed by atoms with Gasteiger partial charge in [0.1, 0.15) is 12.4 Å². The van der Waals surface area contributed by atoms with Crippen LogP contribution in [0.5, 0.6) is 0 Å². The Kier molecular flexibility index (Phi) is 6.20.